The lowest BCUT2D eigenvalue weighted by molar-refractivity contribution is -0.120. The molecule has 9 heteroatoms. The Labute approximate surface area is 228 Å². The number of hydrogen-bond acceptors (Lipinski definition) is 6. The maximum atomic E-state index is 13.6. The van der Waals surface area contributed by atoms with Gasteiger partial charge in [-0.2, -0.15) is 0 Å². The Hall–Kier alpha value is -4.89. The molecule has 1 aliphatic heterocycles. The normalized spacial score (nSPS) is 13.0. The van der Waals surface area contributed by atoms with Crippen LogP contribution in [0.15, 0.2) is 119 Å². The van der Waals surface area contributed by atoms with E-state index in [4.69, 9.17) is 4.74 Å². The van der Waals surface area contributed by atoms with Crippen LogP contribution in [0.3, 0.4) is 0 Å². The van der Waals surface area contributed by atoms with Crippen molar-refractivity contribution in [1.82, 2.24) is 0 Å². The Balaban J connectivity index is 1.45. The molecule has 0 fully saturated rings. The van der Waals surface area contributed by atoms with Crippen LogP contribution in [0.4, 0.5) is 21.5 Å². The molecule has 4 aromatic rings. The van der Waals surface area contributed by atoms with Crippen molar-refractivity contribution >= 4 is 46.5 Å². The quantitative estimate of drug-likeness (QED) is 0.264. The molecule has 0 aliphatic carbocycles. The Kier molecular flexibility index (Phi) is 7.42. The Morgan fingerprint density at radius 2 is 1.54 bits per heavy atom. The number of carbonyl (C=O) groups excluding carboxylic acids is 3. The number of carbonyl (C=O) groups is 3. The third-order valence-electron chi connectivity index (χ3n) is 5.83. The zero-order valence-electron chi connectivity index (χ0n) is 20.7. The molecule has 0 radical (unpaired) electrons. The molecule has 1 heterocycles. The van der Waals surface area contributed by atoms with Crippen molar-refractivity contribution in [2.75, 3.05) is 22.6 Å². The van der Waals surface area contributed by atoms with Crippen LogP contribution in [0.1, 0.15) is 10.4 Å². The van der Waals surface area contributed by atoms with Crippen LogP contribution in [0.5, 0.6) is 5.75 Å². The highest BCUT2D eigenvalue weighted by Crippen LogP contribution is 2.39. The second kappa shape index (κ2) is 11.2. The molecular formula is C30H22FN3O4S. The fraction of sp³-hybridized carbons (Fsp3) is 0.0333. The lowest BCUT2D eigenvalue weighted by Crippen LogP contribution is -2.32. The highest BCUT2D eigenvalue weighted by molar-refractivity contribution is 8.04. The standard InChI is InChI=1S/C30H22FN3O4S/c1-38-24-16-14-23(15-17-24)34-29(36)26(32-21-12-10-20(31)11-13-21)27(30(34)37)39-25-9-5-8-22(18-25)33-28(35)19-6-3-2-4-7-19/h2-18,32H,1H3,(H,33,35). The number of ether oxygens (including phenoxy) is 1. The van der Waals surface area contributed by atoms with Crippen molar-refractivity contribution in [3.63, 3.8) is 0 Å². The van der Waals surface area contributed by atoms with E-state index in [9.17, 15) is 18.8 Å². The predicted molar refractivity (Wildman–Crippen MR) is 149 cm³/mol. The van der Waals surface area contributed by atoms with E-state index in [2.05, 4.69) is 10.6 Å². The molecule has 0 unspecified atom stereocenters. The molecule has 2 N–H and O–H groups in total. The molecule has 3 amide bonds. The van der Waals surface area contributed by atoms with Gasteiger partial charge in [-0.3, -0.25) is 14.4 Å². The second-order valence-electron chi connectivity index (χ2n) is 8.43. The first kappa shape index (κ1) is 25.7. The Morgan fingerprint density at radius 1 is 0.821 bits per heavy atom. The van der Waals surface area contributed by atoms with Gasteiger partial charge in [0.1, 0.15) is 22.2 Å². The van der Waals surface area contributed by atoms with Gasteiger partial charge in [-0.05, 0) is 78.9 Å². The van der Waals surface area contributed by atoms with E-state index in [0.29, 0.717) is 33.3 Å². The monoisotopic (exact) mass is 539 g/mol. The average Bonchev–Trinajstić information content (AvgIpc) is 3.18. The third kappa shape index (κ3) is 5.68. The summed E-state index contributed by atoms with van der Waals surface area (Å²) in [6.07, 6.45) is 0. The fourth-order valence-corrected chi connectivity index (χ4v) is 4.89. The van der Waals surface area contributed by atoms with Crippen LogP contribution in [0.2, 0.25) is 0 Å². The summed E-state index contributed by atoms with van der Waals surface area (Å²) in [6.45, 7) is 0. The van der Waals surface area contributed by atoms with E-state index in [1.165, 1.54) is 31.4 Å². The van der Waals surface area contributed by atoms with Crippen LogP contribution in [0.25, 0.3) is 0 Å². The maximum Gasteiger partial charge on any atom is 0.283 e. The SMILES string of the molecule is COc1ccc(N2C(=O)C(Nc3ccc(F)cc3)=C(Sc3cccc(NC(=O)c4ccccc4)c3)C2=O)cc1. The molecule has 194 valence electrons. The molecule has 0 atom stereocenters. The highest BCUT2D eigenvalue weighted by atomic mass is 32.2. The molecule has 0 saturated carbocycles. The topological polar surface area (TPSA) is 87.7 Å². The van der Waals surface area contributed by atoms with Gasteiger partial charge >= 0.3 is 0 Å². The average molecular weight is 540 g/mol. The van der Waals surface area contributed by atoms with Crippen molar-refractivity contribution in [1.29, 1.82) is 0 Å². The number of nitrogens with one attached hydrogen (secondary N) is 2. The number of hydrogen-bond donors (Lipinski definition) is 2. The second-order valence-corrected chi connectivity index (χ2v) is 9.51. The number of rotatable bonds is 8. The van der Waals surface area contributed by atoms with Gasteiger partial charge < -0.3 is 15.4 Å². The molecule has 0 spiro atoms. The van der Waals surface area contributed by atoms with Crippen LogP contribution < -0.4 is 20.3 Å². The summed E-state index contributed by atoms with van der Waals surface area (Å²) in [5.41, 5.74) is 1.93. The van der Waals surface area contributed by atoms with Crippen molar-refractivity contribution < 1.29 is 23.5 Å². The summed E-state index contributed by atoms with van der Waals surface area (Å²) in [7, 11) is 1.53. The van der Waals surface area contributed by atoms with E-state index < -0.39 is 17.6 Å². The summed E-state index contributed by atoms with van der Waals surface area (Å²) >= 11 is 1.09. The maximum absolute atomic E-state index is 13.6. The molecular weight excluding hydrogens is 517 g/mol. The minimum Gasteiger partial charge on any atom is -0.497 e. The van der Waals surface area contributed by atoms with Crippen LogP contribution in [-0.4, -0.2) is 24.8 Å². The fourth-order valence-electron chi connectivity index (χ4n) is 3.91. The zero-order chi connectivity index (χ0) is 27.4. The molecule has 0 aromatic heterocycles. The lowest BCUT2D eigenvalue weighted by Gasteiger charge is -2.15. The van der Waals surface area contributed by atoms with Gasteiger partial charge in [-0.1, -0.05) is 36.0 Å². The summed E-state index contributed by atoms with van der Waals surface area (Å²) in [5.74, 6) is -1.18. The Morgan fingerprint density at radius 3 is 2.23 bits per heavy atom. The van der Waals surface area contributed by atoms with Gasteiger partial charge in [0.25, 0.3) is 17.7 Å². The first-order chi connectivity index (χ1) is 18.9. The molecule has 0 saturated heterocycles. The largest absolute Gasteiger partial charge is 0.497 e. The molecule has 4 aromatic carbocycles. The van der Waals surface area contributed by atoms with Crippen molar-refractivity contribution in [2.45, 2.75) is 4.90 Å². The Bertz CT molecular complexity index is 1570. The van der Waals surface area contributed by atoms with Gasteiger partial charge in [0.2, 0.25) is 0 Å². The molecule has 39 heavy (non-hydrogen) atoms. The van der Waals surface area contributed by atoms with Gasteiger partial charge in [-0.25, -0.2) is 9.29 Å². The highest BCUT2D eigenvalue weighted by Gasteiger charge is 2.40. The number of benzene rings is 4. The van der Waals surface area contributed by atoms with E-state index in [-0.39, 0.29) is 16.5 Å². The zero-order valence-corrected chi connectivity index (χ0v) is 21.5. The number of imide groups is 1. The summed E-state index contributed by atoms with van der Waals surface area (Å²) < 4.78 is 18.7. The van der Waals surface area contributed by atoms with E-state index in [1.54, 1.807) is 72.8 Å². The molecule has 0 bridgehead atoms. The summed E-state index contributed by atoms with van der Waals surface area (Å²) in [4.78, 5) is 41.6. The summed E-state index contributed by atoms with van der Waals surface area (Å²) in [6, 6.07) is 27.8. The van der Waals surface area contributed by atoms with Crippen LogP contribution >= 0.6 is 11.8 Å². The first-order valence-electron chi connectivity index (χ1n) is 11.9. The molecule has 7 nitrogen and oxygen atoms in total. The number of nitrogens with zero attached hydrogens (tertiary/aromatic N) is 1. The molecule has 5 rings (SSSR count). The van der Waals surface area contributed by atoms with Crippen molar-refractivity contribution in [3.05, 3.63) is 125 Å². The smallest absolute Gasteiger partial charge is 0.283 e. The van der Waals surface area contributed by atoms with Crippen molar-refractivity contribution in [2.24, 2.45) is 0 Å². The van der Waals surface area contributed by atoms with Crippen LogP contribution in [0, 0.1) is 5.82 Å². The third-order valence-corrected chi connectivity index (χ3v) is 6.91. The van der Waals surface area contributed by atoms with Gasteiger partial charge in [0.05, 0.1) is 12.8 Å². The van der Waals surface area contributed by atoms with Gasteiger partial charge in [0, 0.05) is 21.8 Å². The lowest BCUT2D eigenvalue weighted by atomic mass is 10.2. The number of methoxy groups -OCH3 is 1. The van der Waals surface area contributed by atoms with E-state index in [1.807, 2.05) is 6.07 Å². The number of thioether (sulfide) groups is 1. The number of halogens is 1. The van der Waals surface area contributed by atoms with Gasteiger partial charge in [0.15, 0.2) is 0 Å². The van der Waals surface area contributed by atoms with Crippen molar-refractivity contribution in [3.8, 4) is 5.75 Å². The number of anilines is 3. The predicted octanol–water partition coefficient (Wildman–Crippen LogP) is 6.08. The van der Waals surface area contributed by atoms with E-state index >= 15 is 0 Å². The van der Waals surface area contributed by atoms with E-state index in [0.717, 1.165) is 16.7 Å². The van der Waals surface area contributed by atoms with Gasteiger partial charge in [-0.15, -0.1) is 0 Å². The minimum atomic E-state index is -0.550. The minimum absolute atomic E-state index is 0.0613. The first-order valence-corrected chi connectivity index (χ1v) is 12.7. The number of amides is 3. The van der Waals surface area contributed by atoms with Crippen LogP contribution in [-0.2, 0) is 9.59 Å². The molecule has 1 aliphatic rings. The summed E-state index contributed by atoms with van der Waals surface area (Å²) in [5, 5.41) is 5.85.